The van der Waals surface area contributed by atoms with Crippen LogP contribution in [0.1, 0.15) is 55.9 Å². The molecule has 0 radical (unpaired) electrons. The Hall–Kier alpha value is -5.78. The van der Waals surface area contributed by atoms with Crippen LogP contribution >= 0.6 is 0 Å². The number of nitrogens with zero attached hydrogens (tertiary/aromatic N) is 2. The van der Waals surface area contributed by atoms with Gasteiger partial charge < -0.3 is 37.9 Å². The third-order valence-corrected chi connectivity index (χ3v) is 10.5. The Morgan fingerprint density at radius 3 is 1.02 bits per heavy atom. The van der Waals surface area contributed by atoms with Gasteiger partial charge in [0.05, 0.1) is 64.2 Å². The van der Waals surface area contributed by atoms with Crippen molar-refractivity contribution in [3.63, 3.8) is 0 Å². The number of rotatable bonds is 6. The summed E-state index contributed by atoms with van der Waals surface area (Å²) < 4.78 is 50.3. The first kappa shape index (κ1) is 41.0. The predicted molar refractivity (Wildman–Crippen MR) is 228 cm³/mol. The highest BCUT2D eigenvalue weighted by atomic mass is 16.6. The third-order valence-electron chi connectivity index (χ3n) is 10.5. The summed E-state index contributed by atoms with van der Waals surface area (Å²) in [6.07, 6.45) is 5.91. The second-order valence-corrected chi connectivity index (χ2v) is 14.7. The second kappa shape index (κ2) is 21.5. The molecular formula is C50H52N2O8. The maximum atomic E-state index is 6.79. The summed E-state index contributed by atoms with van der Waals surface area (Å²) >= 11 is 0. The molecule has 0 N–H and O–H groups in total. The molecule has 2 aromatic heterocycles. The summed E-state index contributed by atoms with van der Waals surface area (Å²) in [5.41, 5.74) is 10.1. The van der Waals surface area contributed by atoms with Gasteiger partial charge in [0.25, 0.3) is 0 Å². The van der Waals surface area contributed by atoms with E-state index in [1.54, 1.807) is 12.4 Å². The summed E-state index contributed by atoms with van der Waals surface area (Å²) in [5, 5.41) is 0. The van der Waals surface area contributed by atoms with Crippen molar-refractivity contribution < 1.29 is 37.9 Å². The van der Waals surface area contributed by atoms with Gasteiger partial charge in [-0.2, -0.15) is 0 Å². The molecular weight excluding hydrogens is 757 g/mol. The van der Waals surface area contributed by atoms with E-state index in [2.05, 4.69) is 82.8 Å². The van der Waals surface area contributed by atoms with Crippen LogP contribution in [0.2, 0.25) is 0 Å². The van der Waals surface area contributed by atoms with Crippen LogP contribution in [-0.4, -0.2) is 76.0 Å². The SMILES string of the molecule is c1ccc(COc2c3cccc2Cc2cccc(c2OCc2ccccn2)Cc2cccc4c2OCCOCCOCCOCCOCCOc2c(cccc2C3)C4)nc1. The van der Waals surface area contributed by atoms with Gasteiger partial charge >= 0.3 is 0 Å². The molecule has 8 rings (SSSR count). The molecule has 10 bridgehead atoms. The fourth-order valence-electron chi connectivity index (χ4n) is 7.65. The average molecular weight is 809 g/mol. The minimum Gasteiger partial charge on any atom is -0.491 e. The quantitative estimate of drug-likeness (QED) is 0.164. The van der Waals surface area contributed by atoms with E-state index in [4.69, 9.17) is 37.9 Å². The molecule has 6 aromatic rings. The van der Waals surface area contributed by atoms with Crippen molar-refractivity contribution >= 4 is 0 Å². The molecule has 0 amide bonds. The Morgan fingerprint density at radius 2 is 0.667 bits per heavy atom. The second-order valence-electron chi connectivity index (χ2n) is 14.7. The number of para-hydroxylation sites is 4. The van der Waals surface area contributed by atoms with Gasteiger partial charge in [0.15, 0.2) is 0 Å². The number of fused-ring (bicyclic) bond motifs is 4. The summed E-state index contributed by atoms with van der Waals surface area (Å²) in [5.74, 6) is 3.33. The normalized spacial score (nSPS) is 15.5. The molecule has 0 unspecified atom stereocenters. The molecule has 1 aliphatic carbocycles. The Kier molecular flexibility index (Phi) is 14.7. The van der Waals surface area contributed by atoms with Crippen LogP contribution in [0.3, 0.4) is 0 Å². The highest BCUT2D eigenvalue weighted by Gasteiger charge is 2.22. The summed E-state index contributed by atoms with van der Waals surface area (Å²) in [7, 11) is 0. The standard InChI is InChI=1S/C50H52N2O8/c1-3-19-51-45(17-1)35-59-49-41-13-7-15-43(49)34-44-16-8-14-42(50(44)60-36-46-18-2-4-20-52-46)33-40-12-6-10-38-31-37-9-5-11-39(32-41)47(37)57-29-27-55-25-23-53-21-22-54-24-26-56-28-30-58-48(38)40/h1-20H,21-36H2. The topological polar surface area (TPSA) is 99.6 Å². The van der Waals surface area contributed by atoms with Gasteiger partial charge in [-0.1, -0.05) is 84.9 Å². The minimum absolute atomic E-state index is 0.327. The van der Waals surface area contributed by atoms with E-state index in [9.17, 15) is 0 Å². The third kappa shape index (κ3) is 11.1. The summed E-state index contributed by atoms with van der Waals surface area (Å²) in [4.78, 5) is 9.14. The van der Waals surface area contributed by atoms with Crippen molar-refractivity contribution in [2.24, 2.45) is 0 Å². The van der Waals surface area contributed by atoms with Crippen LogP contribution < -0.4 is 18.9 Å². The molecule has 1 aliphatic heterocycles. The Morgan fingerprint density at radius 1 is 0.350 bits per heavy atom. The van der Waals surface area contributed by atoms with Crippen molar-refractivity contribution in [3.05, 3.63) is 177 Å². The lowest BCUT2D eigenvalue weighted by Crippen LogP contribution is -2.15. The fraction of sp³-hybridized carbons (Fsp3) is 0.320. The Labute approximate surface area is 352 Å². The lowest BCUT2D eigenvalue weighted by molar-refractivity contribution is -0.00701. The van der Waals surface area contributed by atoms with Crippen LogP contribution in [0, 0.1) is 0 Å². The zero-order valence-corrected chi connectivity index (χ0v) is 34.0. The molecule has 0 saturated carbocycles. The highest BCUT2D eigenvalue weighted by Crippen LogP contribution is 2.39. The summed E-state index contributed by atoms with van der Waals surface area (Å²) in [6.45, 7) is 5.15. The van der Waals surface area contributed by atoms with E-state index in [0.717, 1.165) is 78.9 Å². The molecule has 60 heavy (non-hydrogen) atoms. The molecule has 0 atom stereocenters. The first-order chi connectivity index (χ1) is 29.8. The Bertz CT molecular complexity index is 2110. The fourth-order valence-corrected chi connectivity index (χ4v) is 7.65. The van der Waals surface area contributed by atoms with E-state index in [1.807, 2.05) is 36.4 Å². The van der Waals surface area contributed by atoms with E-state index in [-0.39, 0.29) is 0 Å². The maximum absolute atomic E-state index is 6.79. The lowest BCUT2D eigenvalue weighted by Gasteiger charge is -2.23. The number of pyridine rings is 2. The predicted octanol–water partition coefficient (Wildman–Crippen LogP) is 8.15. The van der Waals surface area contributed by atoms with Gasteiger partial charge in [-0.05, 0) is 68.8 Å². The molecule has 2 aliphatic rings. The monoisotopic (exact) mass is 808 g/mol. The van der Waals surface area contributed by atoms with Crippen molar-refractivity contribution in [2.45, 2.75) is 38.9 Å². The van der Waals surface area contributed by atoms with Gasteiger partial charge in [-0.3, -0.25) is 9.97 Å². The van der Waals surface area contributed by atoms with Crippen molar-refractivity contribution in [1.82, 2.24) is 9.97 Å². The molecule has 0 spiro atoms. The number of hydrogen-bond donors (Lipinski definition) is 0. The van der Waals surface area contributed by atoms with Crippen LogP contribution in [-0.2, 0) is 57.8 Å². The largest absolute Gasteiger partial charge is 0.491 e. The Balaban J connectivity index is 1.24. The van der Waals surface area contributed by atoms with Crippen molar-refractivity contribution in [2.75, 3.05) is 66.1 Å². The molecule has 10 heteroatoms. The van der Waals surface area contributed by atoms with E-state index >= 15 is 0 Å². The zero-order valence-electron chi connectivity index (χ0n) is 34.0. The van der Waals surface area contributed by atoms with Gasteiger partial charge in [0.2, 0.25) is 0 Å². The first-order valence-corrected chi connectivity index (χ1v) is 20.8. The van der Waals surface area contributed by atoms with E-state index < -0.39 is 0 Å². The molecule has 10 nitrogen and oxygen atoms in total. The summed E-state index contributed by atoms with van der Waals surface area (Å²) in [6, 6.07) is 37.4. The molecule has 0 saturated heterocycles. The minimum atomic E-state index is 0.327. The number of benzene rings is 4. The van der Waals surface area contributed by atoms with Gasteiger partial charge in [0, 0.05) is 38.1 Å². The first-order valence-electron chi connectivity index (χ1n) is 20.8. The van der Waals surface area contributed by atoms with Crippen LogP contribution in [0.4, 0.5) is 0 Å². The van der Waals surface area contributed by atoms with Gasteiger partial charge in [-0.25, -0.2) is 0 Å². The van der Waals surface area contributed by atoms with Gasteiger partial charge in [0.1, 0.15) is 49.4 Å². The van der Waals surface area contributed by atoms with Crippen LogP contribution in [0.5, 0.6) is 23.0 Å². The van der Waals surface area contributed by atoms with Crippen LogP contribution in [0.25, 0.3) is 0 Å². The lowest BCUT2D eigenvalue weighted by atomic mass is 9.91. The smallest absolute Gasteiger partial charge is 0.130 e. The maximum Gasteiger partial charge on any atom is 0.130 e. The zero-order chi connectivity index (χ0) is 40.6. The number of ether oxygens (including phenoxy) is 8. The van der Waals surface area contributed by atoms with Crippen molar-refractivity contribution in [3.8, 4) is 23.0 Å². The van der Waals surface area contributed by atoms with E-state index in [0.29, 0.717) is 105 Å². The van der Waals surface area contributed by atoms with Crippen molar-refractivity contribution in [1.29, 1.82) is 0 Å². The number of hydrogen-bond acceptors (Lipinski definition) is 10. The average Bonchev–Trinajstić information content (AvgIpc) is 3.27. The highest BCUT2D eigenvalue weighted by molar-refractivity contribution is 5.56. The van der Waals surface area contributed by atoms with Gasteiger partial charge in [-0.15, -0.1) is 0 Å². The molecule has 4 aromatic carbocycles. The van der Waals surface area contributed by atoms with E-state index in [1.165, 1.54) is 0 Å². The van der Waals surface area contributed by atoms with Crippen LogP contribution in [0.15, 0.2) is 122 Å². The molecule has 310 valence electrons. The number of aromatic nitrogens is 2. The molecule has 3 heterocycles. The molecule has 0 fully saturated rings.